The van der Waals surface area contributed by atoms with E-state index in [-0.39, 0.29) is 0 Å². The number of hydrogen-bond acceptors (Lipinski definition) is 2. The third-order valence-corrected chi connectivity index (χ3v) is 5.99. The Balaban J connectivity index is 1.49. The number of aromatic hydroxyl groups is 1. The molecule has 0 radical (unpaired) electrons. The second-order valence-corrected chi connectivity index (χ2v) is 7.99. The fourth-order valence-electron chi connectivity index (χ4n) is 4.21. The minimum atomic E-state index is 0.390. The fraction of sp³-hybridized carbons (Fsp3) is 0.500. The van der Waals surface area contributed by atoms with E-state index in [1.54, 1.807) is 5.57 Å². The number of allylic oxidation sites excluding steroid dienone is 4. The van der Waals surface area contributed by atoms with Gasteiger partial charge in [-0.3, -0.25) is 0 Å². The zero-order valence-electron chi connectivity index (χ0n) is 16.5. The molecule has 3 rings (SSSR count). The molecule has 26 heavy (non-hydrogen) atoms. The van der Waals surface area contributed by atoms with Gasteiger partial charge >= 0.3 is 0 Å². The molecule has 140 valence electrons. The number of fused-ring (bicyclic) bond motifs is 1. The first-order valence-corrected chi connectivity index (χ1v) is 10.2. The van der Waals surface area contributed by atoms with Crippen molar-refractivity contribution in [1.29, 1.82) is 0 Å². The topological polar surface area (TPSA) is 32.3 Å². The van der Waals surface area contributed by atoms with Gasteiger partial charge in [-0.05, 0) is 92.7 Å². The summed E-state index contributed by atoms with van der Waals surface area (Å²) >= 11 is 0. The monoisotopic (exact) mass is 351 g/mol. The van der Waals surface area contributed by atoms with Crippen molar-refractivity contribution in [3.8, 4) is 5.75 Å². The fourth-order valence-corrected chi connectivity index (χ4v) is 4.21. The maximum atomic E-state index is 9.68. The van der Waals surface area contributed by atoms with Gasteiger partial charge in [-0.15, -0.1) is 0 Å². The Labute approximate surface area is 158 Å². The van der Waals surface area contributed by atoms with Crippen LogP contribution in [0.3, 0.4) is 0 Å². The van der Waals surface area contributed by atoms with Crippen LogP contribution in [0.15, 0.2) is 53.6 Å². The average molecular weight is 352 g/mol. The minimum Gasteiger partial charge on any atom is -0.508 e. The van der Waals surface area contributed by atoms with Crippen LogP contribution in [0, 0.1) is 12.8 Å². The van der Waals surface area contributed by atoms with Gasteiger partial charge in [0.15, 0.2) is 0 Å². The van der Waals surface area contributed by atoms with E-state index in [4.69, 9.17) is 0 Å². The van der Waals surface area contributed by atoms with E-state index >= 15 is 0 Å². The number of rotatable bonds is 7. The molecular formula is C24H33NO. The zero-order valence-corrected chi connectivity index (χ0v) is 16.5. The summed E-state index contributed by atoms with van der Waals surface area (Å²) < 4.78 is 0. The van der Waals surface area contributed by atoms with Gasteiger partial charge in [0.05, 0.1) is 0 Å². The molecule has 1 aromatic rings. The molecule has 0 spiro atoms. The molecule has 0 fully saturated rings. The maximum Gasteiger partial charge on any atom is 0.118 e. The summed E-state index contributed by atoms with van der Waals surface area (Å²) in [6, 6.07) is 6.40. The summed E-state index contributed by atoms with van der Waals surface area (Å²) in [4.78, 5) is 0. The van der Waals surface area contributed by atoms with E-state index < -0.39 is 0 Å². The van der Waals surface area contributed by atoms with E-state index in [1.165, 1.54) is 30.4 Å². The molecular weight excluding hydrogens is 318 g/mol. The third kappa shape index (κ3) is 4.48. The van der Waals surface area contributed by atoms with Crippen molar-refractivity contribution in [3.05, 3.63) is 64.8 Å². The molecule has 0 aliphatic heterocycles. The summed E-state index contributed by atoms with van der Waals surface area (Å²) in [5.74, 6) is 1.65. The van der Waals surface area contributed by atoms with Gasteiger partial charge in [0, 0.05) is 6.04 Å². The number of hydrogen-bond donors (Lipinski definition) is 2. The normalized spacial score (nSPS) is 21.6. The molecule has 0 bridgehead atoms. The lowest BCUT2D eigenvalue weighted by Crippen LogP contribution is -2.31. The molecule has 0 saturated heterocycles. The van der Waals surface area contributed by atoms with Gasteiger partial charge < -0.3 is 10.4 Å². The SMILES string of the molecule is Cc1cc([C@@H](C)CCCN[C@H](C)C2=C3C=CCCC3CC=C2)ccc1O. The van der Waals surface area contributed by atoms with Crippen LogP contribution in [0.1, 0.15) is 63.0 Å². The van der Waals surface area contributed by atoms with Gasteiger partial charge in [0.1, 0.15) is 5.75 Å². The number of aryl methyl sites for hydroxylation is 1. The summed E-state index contributed by atoms with van der Waals surface area (Å²) in [6.07, 6.45) is 15.4. The van der Waals surface area contributed by atoms with Crippen molar-refractivity contribution in [2.75, 3.05) is 6.54 Å². The van der Waals surface area contributed by atoms with Crippen LogP contribution >= 0.6 is 0 Å². The number of phenolic OH excluding ortho intramolecular Hbond substituents is 1. The van der Waals surface area contributed by atoms with Crippen molar-refractivity contribution >= 4 is 0 Å². The Bertz CT molecular complexity index is 713. The molecule has 2 nitrogen and oxygen atoms in total. The van der Waals surface area contributed by atoms with Gasteiger partial charge in [-0.2, -0.15) is 0 Å². The molecule has 0 amide bonds. The van der Waals surface area contributed by atoms with Crippen LogP contribution in [-0.2, 0) is 0 Å². The van der Waals surface area contributed by atoms with Gasteiger partial charge in [-0.1, -0.05) is 43.4 Å². The first kappa shape index (κ1) is 19.0. The van der Waals surface area contributed by atoms with E-state index in [0.717, 1.165) is 30.9 Å². The first-order valence-electron chi connectivity index (χ1n) is 10.2. The number of nitrogens with one attached hydrogen (secondary N) is 1. The molecule has 0 heterocycles. The lowest BCUT2D eigenvalue weighted by Gasteiger charge is -2.29. The molecule has 1 unspecified atom stereocenters. The summed E-state index contributed by atoms with van der Waals surface area (Å²) in [5.41, 5.74) is 5.34. The number of phenols is 1. The van der Waals surface area contributed by atoms with Crippen LogP contribution in [-0.4, -0.2) is 17.7 Å². The van der Waals surface area contributed by atoms with Gasteiger partial charge in [-0.25, -0.2) is 0 Å². The Hall–Kier alpha value is -1.80. The highest BCUT2D eigenvalue weighted by Crippen LogP contribution is 2.34. The highest BCUT2D eigenvalue weighted by atomic mass is 16.3. The van der Waals surface area contributed by atoms with Crippen molar-refractivity contribution in [1.82, 2.24) is 5.32 Å². The summed E-state index contributed by atoms with van der Waals surface area (Å²) in [5, 5.41) is 13.4. The standard InChI is InChI=1S/C24H33NO/c1-17(21-13-14-24(26)18(2)16-21)8-7-15-25-19(3)22-12-6-10-20-9-4-5-11-23(20)22/h5-6,11-14,16-17,19-20,25-26H,4,7-10,15H2,1-3H3/t17-,19+,20?/m0/s1. The Morgan fingerprint density at radius 2 is 2.04 bits per heavy atom. The Morgan fingerprint density at radius 1 is 1.19 bits per heavy atom. The number of benzene rings is 1. The Morgan fingerprint density at radius 3 is 2.85 bits per heavy atom. The minimum absolute atomic E-state index is 0.390. The van der Waals surface area contributed by atoms with Crippen molar-refractivity contribution in [2.45, 2.75) is 64.8 Å². The predicted molar refractivity (Wildman–Crippen MR) is 111 cm³/mol. The van der Waals surface area contributed by atoms with Gasteiger partial charge in [0.2, 0.25) is 0 Å². The van der Waals surface area contributed by atoms with Crippen LogP contribution < -0.4 is 5.32 Å². The van der Waals surface area contributed by atoms with Crippen LogP contribution in [0.5, 0.6) is 5.75 Å². The molecule has 2 heteroatoms. The smallest absolute Gasteiger partial charge is 0.118 e. The molecule has 0 saturated carbocycles. The zero-order chi connectivity index (χ0) is 18.5. The molecule has 0 aromatic heterocycles. The van der Waals surface area contributed by atoms with E-state index in [2.05, 4.69) is 55.6 Å². The van der Waals surface area contributed by atoms with E-state index in [9.17, 15) is 5.11 Å². The van der Waals surface area contributed by atoms with Crippen molar-refractivity contribution in [3.63, 3.8) is 0 Å². The van der Waals surface area contributed by atoms with Crippen LogP contribution in [0.25, 0.3) is 0 Å². The Kier molecular flexibility index (Phi) is 6.37. The molecule has 2 aliphatic rings. The maximum absolute atomic E-state index is 9.68. The molecule has 2 N–H and O–H groups in total. The largest absolute Gasteiger partial charge is 0.508 e. The first-order chi connectivity index (χ1) is 12.6. The van der Waals surface area contributed by atoms with Crippen LogP contribution in [0.2, 0.25) is 0 Å². The summed E-state index contributed by atoms with van der Waals surface area (Å²) in [6.45, 7) is 7.58. The van der Waals surface area contributed by atoms with Gasteiger partial charge in [0.25, 0.3) is 0 Å². The van der Waals surface area contributed by atoms with Crippen LogP contribution in [0.4, 0.5) is 0 Å². The highest BCUT2D eigenvalue weighted by Gasteiger charge is 2.22. The summed E-state index contributed by atoms with van der Waals surface area (Å²) in [7, 11) is 0. The van der Waals surface area contributed by atoms with E-state index in [0.29, 0.717) is 17.7 Å². The van der Waals surface area contributed by atoms with Crippen molar-refractivity contribution in [2.24, 2.45) is 5.92 Å². The molecule has 3 atom stereocenters. The second kappa shape index (κ2) is 8.73. The van der Waals surface area contributed by atoms with E-state index in [1.807, 2.05) is 13.0 Å². The highest BCUT2D eigenvalue weighted by molar-refractivity contribution is 5.42. The third-order valence-electron chi connectivity index (χ3n) is 5.99. The molecule has 2 aliphatic carbocycles. The second-order valence-electron chi connectivity index (χ2n) is 7.99. The quantitative estimate of drug-likeness (QED) is 0.610. The lowest BCUT2D eigenvalue weighted by molar-refractivity contribution is 0.470. The predicted octanol–water partition coefficient (Wildman–Crippen LogP) is 5.79. The average Bonchev–Trinajstić information content (AvgIpc) is 2.66. The molecule has 1 aromatic carbocycles. The van der Waals surface area contributed by atoms with Crippen molar-refractivity contribution < 1.29 is 5.11 Å². The lowest BCUT2D eigenvalue weighted by atomic mass is 9.79.